The van der Waals surface area contributed by atoms with Crippen LogP contribution in [0.3, 0.4) is 0 Å². The van der Waals surface area contributed by atoms with Crippen molar-refractivity contribution in [3.05, 3.63) is 28.8 Å². The summed E-state index contributed by atoms with van der Waals surface area (Å²) in [6.45, 7) is 3.16. The second-order valence-corrected chi connectivity index (χ2v) is 5.39. The number of nitrogens with zero attached hydrogens (tertiary/aromatic N) is 1. The topological polar surface area (TPSA) is 89.9 Å². The van der Waals surface area contributed by atoms with E-state index in [2.05, 4.69) is 5.32 Å². The van der Waals surface area contributed by atoms with E-state index in [4.69, 9.17) is 16.7 Å². The summed E-state index contributed by atoms with van der Waals surface area (Å²) in [6, 6.07) is 3.65. The molecule has 6 nitrogen and oxygen atoms in total. The lowest BCUT2D eigenvalue weighted by atomic mass is 10.1. The Balaban J connectivity index is 3.00. The lowest BCUT2D eigenvalue weighted by molar-refractivity contribution is 0.0698. The summed E-state index contributed by atoms with van der Waals surface area (Å²) < 4.78 is 0. The predicted octanol–water partition coefficient (Wildman–Crippen LogP) is 2.27. The van der Waals surface area contributed by atoms with Crippen LogP contribution >= 0.6 is 11.6 Å². The molecule has 1 rings (SSSR count). The highest BCUT2D eigenvalue weighted by molar-refractivity contribution is 6.31. The Bertz CT molecular complexity index is 531. The Morgan fingerprint density at radius 1 is 1.40 bits per heavy atom. The molecule has 0 fully saturated rings. The molecule has 1 aromatic carbocycles. The second kappa shape index (κ2) is 6.11. The largest absolute Gasteiger partial charge is 0.478 e. The fourth-order valence-corrected chi connectivity index (χ4v) is 1.55. The normalized spacial score (nSPS) is 11.1. The van der Waals surface area contributed by atoms with Crippen LogP contribution in [0, 0.1) is 0 Å². The Labute approximate surface area is 122 Å². The number of aliphatic hydroxyl groups excluding tert-OH is 1. The van der Waals surface area contributed by atoms with Gasteiger partial charge in [-0.3, -0.25) is 0 Å². The maximum atomic E-state index is 12.1. The molecule has 0 radical (unpaired) electrons. The first-order valence-corrected chi connectivity index (χ1v) is 6.25. The van der Waals surface area contributed by atoms with E-state index >= 15 is 0 Å². The highest BCUT2D eigenvalue weighted by Crippen LogP contribution is 2.22. The number of hydrogen-bond donors (Lipinski definition) is 3. The van der Waals surface area contributed by atoms with Gasteiger partial charge in [-0.1, -0.05) is 11.6 Å². The summed E-state index contributed by atoms with van der Waals surface area (Å²) in [7, 11) is 1.52. The van der Waals surface area contributed by atoms with E-state index in [1.807, 2.05) is 0 Å². The molecule has 0 heterocycles. The molecule has 0 aliphatic carbocycles. The number of amides is 2. The Kier molecular flexibility index (Phi) is 4.97. The number of anilines is 1. The molecule has 0 unspecified atom stereocenters. The molecule has 2 amide bonds. The van der Waals surface area contributed by atoms with Crippen molar-refractivity contribution in [1.29, 1.82) is 0 Å². The Morgan fingerprint density at radius 3 is 2.50 bits per heavy atom. The van der Waals surface area contributed by atoms with Gasteiger partial charge in [0.2, 0.25) is 0 Å². The number of halogens is 1. The van der Waals surface area contributed by atoms with E-state index in [1.54, 1.807) is 13.8 Å². The van der Waals surface area contributed by atoms with Crippen LogP contribution in [-0.2, 0) is 0 Å². The van der Waals surface area contributed by atoms with Crippen molar-refractivity contribution in [2.24, 2.45) is 0 Å². The lowest BCUT2D eigenvalue weighted by Gasteiger charge is -2.33. The van der Waals surface area contributed by atoms with Crippen LogP contribution in [0.1, 0.15) is 24.2 Å². The Morgan fingerprint density at radius 2 is 2.00 bits per heavy atom. The van der Waals surface area contributed by atoms with Crippen molar-refractivity contribution in [2.45, 2.75) is 19.4 Å². The van der Waals surface area contributed by atoms with Crippen LogP contribution in [0.2, 0.25) is 5.02 Å². The average molecular weight is 301 g/mol. The smallest absolute Gasteiger partial charge is 0.337 e. The van der Waals surface area contributed by atoms with E-state index in [9.17, 15) is 14.7 Å². The van der Waals surface area contributed by atoms with Crippen molar-refractivity contribution in [3.63, 3.8) is 0 Å². The molecule has 0 atom stereocenters. The van der Waals surface area contributed by atoms with Gasteiger partial charge in [-0.2, -0.15) is 0 Å². The number of benzene rings is 1. The molecule has 0 spiro atoms. The van der Waals surface area contributed by atoms with E-state index in [-0.39, 0.29) is 22.9 Å². The average Bonchev–Trinajstić information content (AvgIpc) is 2.39. The summed E-state index contributed by atoms with van der Waals surface area (Å²) in [5.41, 5.74) is -0.714. The quantitative estimate of drug-likeness (QED) is 0.795. The number of carboxylic acid groups (broad SMARTS) is 1. The summed E-state index contributed by atoms with van der Waals surface area (Å²) in [4.78, 5) is 24.5. The van der Waals surface area contributed by atoms with Crippen LogP contribution in [-0.4, -0.2) is 46.3 Å². The number of urea groups is 1. The third-order valence-corrected chi connectivity index (χ3v) is 3.29. The van der Waals surface area contributed by atoms with E-state index < -0.39 is 17.5 Å². The highest BCUT2D eigenvalue weighted by Gasteiger charge is 2.27. The van der Waals surface area contributed by atoms with Gasteiger partial charge < -0.3 is 20.4 Å². The lowest BCUT2D eigenvalue weighted by Crippen LogP contribution is -2.49. The van der Waals surface area contributed by atoms with Gasteiger partial charge in [0.1, 0.15) is 0 Å². The molecule has 0 aliphatic heterocycles. The third-order valence-electron chi connectivity index (χ3n) is 3.05. The summed E-state index contributed by atoms with van der Waals surface area (Å²) in [5, 5.41) is 21.1. The first kappa shape index (κ1) is 16.3. The number of carboxylic acids is 1. The van der Waals surface area contributed by atoms with Crippen molar-refractivity contribution in [1.82, 2.24) is 4.90 Å². The van der Waals surface area contributed by atoms with Gasteiger partial charge >= 0.3 is 12.0 Å². The summed E-state index contributed by atoms with van der Waals surface area (Å²) in [5.74, 6) is -1.19. The van der Waals surface area contributed by atoms with Gasteiger partial charge in [-0.25, -0.2) is 9.59 Å². The summed E-state index contributed by atoms with van der Waals surface area (Å²) >= 11 is 5.74. The zero-order chi connectivity index (χ0) is 15.5. The fourth-order valence-electron chi connectivity index (χ4n) is 1.38. The van der Waals surface area contributed by atoms with Gasteiger partial charge in [-0.15, -0.1) is 0 Å². The molecule has 0 aliphatic rings. The molecule has 1 aromatic rings. The number of rotatable bonds is 4. The zero-order valence-electron chi connectivity index (χ0n) is 11.5. The molecule has 3 N–H and O–H groups in total. The van der Waals surface area contributed by atoms with Crippen LogP contribution in [0.25, 0.3) is 0 Å². The predicted molar refractivity (Wildman–Crippen MR) is 76.4 cm³/mol. The minimum absolute atomic E-state index is 0.0962. The molecule has 0 bridgehead atoms. The summed E-state index contributed by atoms with van der Waals surface area (Å²) in [6.07, 6.45) is 0. The van der Waals surface area contributed by atoms with Crippen LogP contribution < -0.4 is 5.32 Å². The molecular weight excluding hydrogens is 284 g/mol. The Hall–Kier alpha value is -1.79. The first-order valence-electron chi connectivity index (χ1n) is 5.87. The van der Waals surface area contributed by atoms with Crippen molar-refractivity contribution in [2.75, 3.05) is 19.0 Å². The maximum Gasteiger partial charge on any atom is 0.337 e. The van der Waals surface area contributed by atoms with Gasteiger partial charge in [0.15, 0.2) is 0 Å². The molecule has 7 heteroatoms. The van der Waals surface area contributed by atoms with Crippen molar-refractivity contribution >= 4 is 29.3 Å². The molecule has 20 heavy (non-hydrogen) atoms. The first-order chi connectivity index (χ1) is 9.19. The van der Waals surface area contributed by atoms with Gasteiger partial charge in [0, 0.05) is 12.1 Å². The van der Waals surface area contributed by atoms with Gasteiger partial charge in [0.05, 0.1) is 23.4 Å². The SMILES string of the molecule is CN(C(=O)Nc1ccc(Cl)cc1C(=O)O)C(C)(C)CO. The second-order valence-electron chi connectivity index (χ2n) is 4.95. The van der Waals surface area contributed by atoms with Crippen molar-refractivity contribution in [3.8, 4) is 0 Å². The molecule has 0 saturated carbocycles. The number of likely N-dealkylation sites (N-methyl/N-ethyl adjacent to an activating group) is 1. The number of carbonyl (C=O) groups excluding carboxylic acids is 1. The van der Waals surface area contributed by atoms with Crippen LogP contribution in [0.15, 0.2) is 18.2 Å². The minimum atomic E-state index is -1.19. The highest BCUT2D eigenvalue weighted by atomic mass is 35.5. The number of carbonyl (C=O) groups is 2. The van der Waals surface area contributed by atoms with Crippen LogP contribution in [0.5, 0.6) is 0 Å². The minimum Gasteiger partial charge on any atom is -0.478 e. The fraction of sp³-hybridized carbons (Fsp3) is 0.385. The molecular formula is C13H17ClN2O4. The maximum absolute atomic E-state index is 12.1. The van der Waals surface area contributed by atoms with Gasteiger partial charge in [0.25, 0.3) is 0 Å². The third kappa shape index (κ3) is 3.61. The molecule has 0 aromatic heterocycles. The monoisotopic (exact) mass is 300 g/mol. The van der Waals surface area contributed by atoms with Crippen molar-refractivity contribution < 1.29 is 19.8 Å². The standard InChI is InChI=1S/C13H17ClN2O4/c1-13(2,7-17)16(3)12(20)15-10-5-4-8(14)6-9(10)11(18)19/h4-6,17H,7H2,1-3H3,(H,15,20)(H,18,19). The number of nitrogens with one attached hydrogen (secondary N) is 1. The molecule has 110 valence electrons. The van der Waals surface area contributed by atoms with E-state index in [0.717, 1.165) is 0 Å². The van der Waals surface area contributed by atoms with E-state index in [0.29, 0.717) is 0 Å². The van der Waals surface area contributed by atoms with Crippen LogP contribution in [0.4, 0.5) is 10.5 Å². The zero-order valence-corrected chi connectivity index (χ0v) is 12.2. The van der Waals surface area contributed by atoms with Gasteiger partial charge in [-0.05, 0) is 32.0 Å². The number of hydrogen-bond acceptors (Lipinski definition) is 3. The number of aliphatic hydroxyl groups is 1. The number of aromatic carboxylic acids is 1. The molecule has 0 saturated heterocycles. The van der Waals surface area contributed by atoms with E-state index in [1.165, 1.54) is 30.1 Å².